The third-order valence-corrected chi connectivity index (χ3v) is 4.39. The van der Waals surface area contributed by atoms with Crippen LogP contribution in [0.2, 0.25) is 0 Å². The van der Waals surface area contributed by atoms with Gasteiger partial charge in [0, 0.05) is 31.4 Å². The molecule has 5 nitrogen and oxygen atoms in total. The summed E-state index contributed by atoms with van der Waals surface area (Å²) >= 11 is 0. The van der Waals surface area contributed by atoms with Crippen molar-refractivity contribution in [1.29, 1.82) is 0 Å². The molecule has 2 rings (SSSR count). The molecule has 0 spiro atoms. The van der Waals surface area contributed by atoms with Crippen LogP contribution in [0.1, 0.15) is 31.9 Å². The average molecular weight is 280 g/mol. The molecule has 1 aromatic rings. The molecule has 0 aromatic carbocycles. The Bertz CT molecular complexity index is 437. The number of methoxy groups -OCH3 is 1. The van der Waals surface area contributed by atoms with Gasteiger partial charge in [-0.05, 0) is 47.2 Å². The lowest BCUT2D eigenvalue weighted by atomic mass is 9.75. The molecule has 1 aromatic heterocycles. The molecule has 1 atom stereocenters. The monoisotopic (exact) mass is 280 g/mol. The second-order valence-corrected chi connectivity index (χ2v) is 6.31. The minimum atomic E-state index is 0.261. The maximum absolute atomic E-state index is 5.19. The van der Waals surface area contributed by atoms with Crippen molar-refractivity contribution in [2.45, 2.75) is 51.2 Å². The summed E-state index contributed by atoms with van der Waals surface area (Å²) in [4.78, 5) is 6.98. The molecule has 0 amide bonds. The predicted molar refractivity (Wildman–Crippen MR) is 82.2 cm³/mol. The molecule has 5 heteroatoms. The highest BCUT2D eigenvalue weighted by Crippen LogP contribution is 2.38. The van der Waals surface area contributed by atoms with Crippen LogP contribution in [0.5, 0.6) is 0 Å². The van der Waals surface area contributed by atoms with Crippen LogP contribution < -0.4 is 5.32 Å². The van der Waals surface area contributed by atoms with Gasteiger partial charge in [0.2, 0.25) is 5.95 Å². The van der Waals surface area contributed by atoms with Gasteiger partial charge in [0.15, 0.2) is 0 Å². The van der Waals surface area contributed by atoms with E-state index in [1.165, 1.54) is 19.3 Å². The number of likely N-dealkylation sites (N-methyl/N-ethyl adjacent to an activating group) is 1. The van der Waals surface area contributed by atoms with Gasteiger partial charge in [-0.3, -0.25) is 0 Å². The maximum Gasteiger partial charge on any atom is 0.203 e. The Kier molecular flexibility index (Phi) is 4.70. The molecule has 20 heavy (non-hydrogen) atoms. The summed E-state index contributed by atoms with van der Waals surface area (Å²) in [5, 5.41) is 3.45. The summed E-state index contributed by atoms with van der Waals surface area (Å²) in [5.41, 5.74) is 1.36. The van der Waals surface area contributed by atoms with Crippen molar-refractivity contribution in [2.24, 2.45) is 0 Å². The van der Waals surface area contributed by atoms with Crippen molar-refractivity contribution in [3.8, 4) is 0 Å². The van der Waals surface area contributed by atoms with Crippen LogP contribution in [0.15, 0.2) is 6.20 Å². The molecular formula is C15H28N4O. The number of ether oxygens (including phenoxy) is 1. The van der Waals surface area contributed by atoms with Crippen LogP contribution in [0.3, 0.4) is 0 Å². The summed E-state index contributed by atoms with van der Waals surface area (Å²) < 4.78 is 7.45. The summed E-state index contributed by atoms with van der Waals surface area (Å²) in [5.74, 6) is 0.958. The predicted octanol–water partition coefficient (Wildman–Crippen LogP) is 2.12. The van der Waals surface area contributed by atoms with Gasteiger partial charge in [-0.2, -0.15) is 0 Å². The zero-order valence-electron chi connectivity index (χ0n) is 13.4. The SMILES string of the molecule is COCC(C)Nc1nc(C)cn1CC1(N(C)C)CCC1. The Morgan fingerprint density at radius 1 is 1.50 bits per heavy atom. The number of imidazole rings is 1. The Morgan fingerprint density at radius 3 is 2.70 bits per heavy atom. The van der Waals surface area contributed by atoms with E-state index in [9.17, 15) is 0 Å². The fraction of sp³-hybridized carbons (Fsp3) is 0.800. The standard InChI is InChI=1S/C15H28N4O/c1-12-9-19(11-15(18(3)4)7-6-8-15)14(16-12)17-13(2)10-20-5/h9,13H,6-8,10-11H2,1-5H3,(H,16,17). The largest absolute Gasteiger partial charge is 0.383 e. The van der Waals surface area contributed by atoms with Gasteiger partial charge in [-0.15, -0.1) is 0 Å². The van der Waals surface area contributed by atoms with E-state index in [0.717, 1.165) is 18.2 Å². The molecular weight excluding hydrogens is 252 g/mol. The highest BCUT2D eigenvalue weighted by Gasteiger charge is 2.39. The van der Waals surface area contributed by atoms with Crippen LogP contribution in [-0.2, 0) is 11.3 Å². The van der Waals surface area contributed by atoms with Crippen LogP contribution in [0.4, 0.5) is 5.95 Å². The van der Waals surface area contributed by atoms with Gasteiger partial charge < -0.3 is 19.5 Å². The summed E-state index contributed by atoms with van der Waals surface area (Å²) in [6.45, 7) is 5.85. The molecule has 0 radical (unpaired) electrons. The summed E-state index contributed by atoms with van der Waals surface area (Å²) in [6.07, 6.45) is 6.01. The van der Waals surface area contributed by atoms with Gasteiger partial charge in [0.05, 0.1) is 12.3 Å². The molecule has 1 N–H and O–H groups in total. The normalized spacial score (nSPS) is 18.9. The van der Waals surface area contributed by atoms with Crippen LogP contribution in [-0.4, -0.2) is 53.8 Å². The molecule has 1 fully saturated rings. The van der Waals surface area contributed by atoms with Crippen molar-refractivity contribution in [3.05, 3.63) is 11.9 Å². The van der Waals surface area contributed by atoms with E-state index in [0.29, 0.717) is 12.1 Å². The lowest BCUT2D eigenvalue weighted by Gasteiger charge is -2.47. The van der Waals surface area contributed by atoms with Gasteiger partial charge in [0.1, 0.15) is 0 Å². The fourth-order valence-electron chi connectivity index (χ4n) is 2.94. The first kappa shape index (κ1) is 15.3. The third-order valence-electron chi connectivity index (χ3n) is 4.39. The quantitative estimate of drug-likeness (QED) is 0.831. The first-order chi connectivity index (χ1) is 9.47. The lowest BCUT2D eigenvalue weighted by Crippen LogP contribution is -2.53. The molecule has 1 aliphatic rings. The first-order valence-electron chi connectivity index (χ1n) is 7.43. The fourth-order valence-corrected chi connectivity index (χ4v) is 2.94. The zero-order chi connectivity index (χ0) is 14.8. The number of aryl methyl sites for hydroxylation is 1. The first-order valence-corrected chi connectivity index (χ1v) is 7.43. The van der Waals surface area contributed by atoms with Crippen molar-refractivity contribution < 1.29 is 4.74 Å². The molecule has 0 aliphatic heterocycles. The lowest BCUT2D eigenvalue weighted by molar-refractivity contribution is 0.0428. The van der Waals surface area contributed by atoms with E-state index in [-0.39, 0.29) is 6.04 Å². The summed E-state index contributed by atoms with van der Waals surface area (Å²) in [6, 6.07) is 0.261. The maximum atomic E-state index is 5.19. The third kappa shape index (κ3) is 3.15. The second kappa shape index (κ2) is 6.14. The minimum Gasteiger partial charge on any atom is -0.383 e. The average Bonchev–Trinajstić information content (AvgIpc) is 2.63. The smallest absolute Gasteiger partial charge is 0.203 e. The minimum absolute atomic E-state index is 0.261. The summed E-state index contributed by atoms with van der Waals surface area (Å²) in [7, 11) is 6.10. The van der Waals surface area contributed by atoms with E-state index in [2.05, 4.69) is 47.0 Å². The van der Waals surface area contributed by atoms with E-state index in [4.69, 9.17) is 4.74 Å². The molecule has 114 valence electrons. The second-order valence-electron chi connectivity index (χ2n) is 6.31. The van der Waals surface area contributed by atoms with Crippen molar-refractivity contribution in [1.82, 2.24) is 14.5 Å². The molecule has 1 heterocycles. The number of hydrogen-bond acceptors (Lipinski definition) is 4. The zero-order valence-corrected chi connectivity index (χ0v) is 13.4. The topological polar surface area (TPSA) is 42.3 Å². The molecule has 1 aliphatic carbocycles. The number of nitrogens with one attached hydrogen (secondary N) is 1. The van der Waals surface area contributed by atoms with E-state index in [1.54, 1.807) is 7.11 Å². The molecule has 1 saturated carbocycles. The van der Waals surface area contributed by atoms with Gasteiger partial charge in [0.25, 0.3) is 0 Å². The highest BCUT2D eigenvalue weighted by molar-refractivity contribution is 5.30. The number of nitrogens with zero attached hydrogens (tertiary/aromatic N) is 3. The van der Waals surface area contributed by atoms with Crippen molar-refractivity contribution >= 4 is 5.95 Å². The van der Waals surface area contributed by atoms with Crippen LogP contribution in [0.25, 0.3) is 0 Å². The number of hydrogen-bond donors (Lipinski definition) is 1. The van der Waals surface area contributed by atoms with Crippen LogP contribution >= 0.6 is 0 Å². The Hall–Kier alpha value is -1.07. The Balaban J connectivity index is 2.11. The number of aromatic nitrogens is 2. The van der Waals surface area contributed by atoms with Crippen molar-refractivity contribution in [2.75, 3.05) is 33.1 Å². The van der Waals surface area contributed by atoms with Crippen molar-refractivity contribution in [3.63, 3.8) is 0 Å². The van der Waals surface area contributed by atoms with E-state index < -0.39 is 0 Å². The molecule has 0 saturated heterocycles. The Labute approximate surface area is 122 Å². The van der Waals surface area contributed by atoms with E-state index >= 15 is 0 Å². The van der Waals surface area contributed by atoms with Crippen LogP contribution in [0, 0.1) is 6.92 Å². The number of anilines is 1. The Morgan fingerprint density at radius 2 is 2.20 bits per heavy atom. The van der Waals surface area contributed by atoms with Gasteiger partial charge >= 0.3 is 0 Å². The molecule has 0 bridgehead atoms. The van der Waals surface area contributed by atoms with Gasteiger partial charge in [-0.25, -0.2) is 4.98 Å². The van der Waals surface area contributed by atoms with E-state index in [1.807, 2.05) is 6.92 Å². The highest BCUT2D eigenvalue weighted by atomic mass is 16.5. The van der Waals surface area contributed by atoms with Gasteiger partial charge in [-0.1, -0.05) is 0 Å². The molecule has 1 unspecified atom stereocenters. The number of rotatable bonds is 7.